The Bertz CT molecular complexity index is 2820. The first-order valence-electron chi connectivity index (χ1n) is 27.1. The van der Waals surface area contributed by atoms with E-state index in [1.807, 2.05) is 0 Å². The topological polar surface area (TPSA) is 0 Å². The van der Waals surface area contributed by atoms with Crippen LogP contribution in [0.5, 0.6) is 0 Å². The summed E-state index contributed by atoms with van der Waals surface area (Å²) in [5.41, 5.74) is 19.0. The summed E-state index contributed by atoms with van der Waals surface area (Å²) in [6, 6.07) is 47.7. The van der Waals surface area contributed by atoms with Gasteiger partial charge in [-0.05, 0) is 0 Å². The first kappa shape index (κ1) is 55.6. The van der Waals surface area contributed by atoms with E-state index in [1.165, 1.54) is 98.7 Å². The molecule has 0 aromatic heterocycles. The summed E-state index contributed by atoms with van der Waals surface area (Å²) in [5, 5.41) is 6.14. The second-order valence-corrected chi connectivity index (χ2v) is 90.0. The first-order chi connectivity index (χ1) is 33.4. The number of benzene rings is 6. The summed E-state index contributed by atoms with van der Waals surface area (Å²) in [4.78, 5) is 0. The molecule has 2 aliphatic carbocycles. The van der Waals surface area contributed by atoms with E-state index in [2.05, 4.69) is 253 Å². The summed E-state index contributed by atoms with van der Waals surface area (Å²) in [5.74, 6) is -0.982. The van der Waals surface area contributed by atoms with E-state index < -0.39 is 53.8 Å². The van der Waals surface area contributed by atoms with Gasteiger partial charge in [-0.3, -0.25) is 0 Å². The van der Waals surface area contributed by atoms with Crippen molar-refractivity contribution in [2.24, 2.45) is 11.8 Å². The quantitative estimate of drug-likeness (QED) is 0.0899. The summed E-state index contributed by atoms with van der Waals surface area (Å²) in [6.45, 7) is 44.8. The number of hydrogen-bond donors (Lipinski definition) is 0. The van der Waals surface area contributed by atoms with Crippen molar-refractivity contribution in [3.63, 3.8) is 0 Å². The third-order valence-electron chi connectivity index (χ3n) is 16.2. The zero-order valence-corrected chi connectivity index (χ0v) is 56.4. The van der Waals surface area contributed by atoms with Gasteiger partial charge in [0.2, 0.25) is 0 Å². The van der Waals surface area contributed by atoms with Gasteiger partial charge in [-0.2, -0.15) is 0 Å². The molecule has 2 atom stereocenters. The number of rotatable bonds is 15. The zero-order chi connectivity index (χ0) is 52.7. The van der Waals surface area contributed by atoms with Crippen LogP contribution >= 0.6 is 17.0 Å². The molecule has 8 heteroatoms. The molecule has 0 nitrogen and oxygen atoms in total. The van der Waals surface area contributed by atoms with E-state index in [4.69, 9.17) is 0 Å². The van der Waals surface area contributed by atoms with Gasteiger partial charge in [0.25, 0.3) is 0 Å². The molecule has 0 radical (unpaired) electrons. The van der Waals surface area contributed by atoms with Crippen molar-refractivity contribution < 1.29 is 15.6 Å². The Morgan fingerprint density at radius 3 is 1.00 bits per heavy atom. The van der Waals surface area contributed by atoms with Crippen LogP contribution in [-0.2, 0) is 15.6 Å². The Hall–Kier alpha value is -2.65. The molecular formula is C64H85Cl2Si5Zr. The molecule has 6 aromatic carbocycles. The van der Waals surface area contributed by atoms with Crippen molar-refractivity contribution in [1.82, 2.24) is 0 Å². The van der Waals surface area contributed by atoms with E-state index in [0.29, 0.717) is 11.8 Å². The maximum atomic E-state index is 9.38. The predicted molar refractivity (Wildman–Crippen MR) is 337 cm³/mol. The molecule has 0 aliphatic heterocycles. The van der Waals surface area contributed by atoms with Crippen molar-refractivity contribution in [2.75, 3.05) is 0 Å². The van der Waals surface area contributed by atoms with Crippen LogP contribution in [0.3, 0.4) is 0 Å². The van der Waals surface area contributed by atoms with Crippen LogP contribution in [0.2, 0.25) is 91.7 Å². The summed E-state index contributed by atoms with van der Waals surface area (Å²) >= 11 is -5.29. The van der Waals surface area contributed by atoms with Crippen molar-refractivity contribution >= 4 is 88.1 Å². The molecule has 0 bridgehead atoms. The number of allylic oxidation sites excluding steroid dienone is 2. The molecule has 72 heavy (non-hydrogen) atoms. The molecule has 0 fully saturated rings. The number of halogens is 2. The summed E-state index contributed by atoms with van der Waals surface area (Å²) in [7, 11) is 11.9. The van der Waals surface area contributed by atoms with Gasteiger partial charge in [-0.15, -0.1) is 0 Å². The van der Waals surface area contributed by atoms with Gasteiger partial charge in [-0.25, -0.2) is 0 Å². The molecule has 0 N–H and O–H groups in total. The van der Waals surface area contributed by atoms with Gasteiger partial charge >= 0.3 is 454 Å². The average molecular weight is 1160 g/mol. The first-order valence-corrected chi connectivity index (χ1v) is 57.5. The van der Waals surface area contributed by atoms with Crippen molar-refractivity contribution in [1.29, 1.82) is 0 Å². The van der Waals surface area contributed by atoms with Gasteiger partial charge in [0.05, 0.1) is 0 Å². The molecule has 0 saturated carbocycles. The molecule has 0 heterocycles. The third-order valence-corrected chi connectivity index (χ3v) is 76.1. The fraction of sp³-hybridized carbons (Fsp3) is 0.375. The van der Waals surface area contributed by atoms with Gasteiger partial charge < -0.3 is 0 Å². The Kier molecular flexibility index (Phi) is 15.5. The predicted octanol–water partition coefficient (Wildman–Crippen LogP) is 18.2. The Morgan fingerprint density at radius 1 is 0.431 bits per heavy atom. The molecule has 0 amide bonds. The molecule has 379 valence electrons. The van der Waals surface area contributed by atoms with Crippen molar-refractivity contribution in [3.8, 4) is 44.5 Å². The van der Waals surface area contributed by atoms with E-state index in [9.17, 15) is 17.0 Å². The van der Waals surface area contributed by atoms with Crippen LogP contribution in [0.25, 0.3) is 56.7 Å². The van der Waals surface area contributed by atoms with Crippen LogP contribution < -0.4 is 20.7 Å². The molecule has 0 spiro atoms. The van der Waals surface area contributed by atoms with Gasteiger partial charge in [-0.1, -0.05) is 0 Å². The van der Waals surface area contributed by atoms with Gasteiger partial charge in [0, 0.05) is 0 Å². The monoisotopic (exact) mass is 1150 g/mol. The van der Waals surface area contributed by atoms with Crippen molar-refractivity contribution in [2.45, 2.75) is 139 Å². The van der Waals surface area contributed by atoms with Crippen molar-refractivity contribution in [3.05, 3.63) is 155 Å². The molecular weight excluding hydrogens is 1070 g/mol. The Morgan fingerprint density at radius 2 is 0.736 bits per heavy atom. The third kappa shape index (κ3) is 10.6. The SMILES string of the molecule is CC(C)CC1=Cc2c(ccc(-c3ccccc3)c2-c2cc([Si](C)(C)C)cc([Si](C)(C)C)c2)[CH]1[Zr]([Cl])([Cl])([CH]1C(CC(C)C)=Cc2c1ccc(-c1ccccc1)c2-c1cc([Si](C)(C)C)cc([Si](C)(C)C)c1)[SiH](C)C. The molecule has 2 aliphatic rings. The second-order valence-electron chi connectivity index (χ2n) is 27.2. The molecule has 2 unspecified atom stereocenters. The van der Waals surface area contributed by atoms with Gasteiger partial charge in [0.1, 0.15) is 0 Å². The minimum atomic E-state index is -5.29. The maximum absolute atomic E-state index is 9.38. The second kappa shape index (κ2) is 20.0. The number of hydrogen-bond acceptors (Lipinski definition) is 0. The van der Waals surface area contributed by atoms with Crippen LogP contribution in [-0.4, -0.2) is 38.2 Å². The Labute approximate surface area is 450 Å². The fourth-order valence-corrected chi connectivity index (χ4v) is 48.4. The normalized spacial score (nSPS) is 17.0. The zero-order valence-electron chi connectivity index (χ0n) is 47.3. The fourth-order valence-electron chi connectivity index (χ4n) is 12.1. The van der Waals surface area contributed by atoms with E-state index in [1.54, 1.807) is 0 Å². The number of fused-ring (bicyclic) bond motifs is 2. The van der Waals surface area contributed by atoms with Crippen LogP contribution in [0.15, 0.2) is 132 Å². The van der Waals surface area contributed by atoms with Crippen LogP contribution in [0.4, 0.5) is 0 Å². The average Bonchev–Trinajstić information content (AvgIpc) is 3.85. The summed E-state index contributed by atoms with van der Waals surface area (Å²) < 4.78 is -0.00644. The van der Waals surface area contributed by atoms with Crippen LogP contribution in [0, 0.1) is 11.8 Å². The van der Waals surface area contributed by atoms with Crippen LogP contribution in [0.1, 0.15) is 70.0 Å². The minimum absolute atomic E-state index is 0.00322. The summed E-state index contributed by atoms with van der Waals surface area (Å²) in [6.07, 6.45) is 7.22. The van der Waals surface area contributed by atoms with Gasteiger partial charge in [0.15, 0.2) is 0 Å². The van der Waals surface area contributed by atoms with E-state index >= 15 is 0 Å². The molecule has 6 aromatic rings. The Balaban J connectivity index is 1.48. The van der Waals surface area contributed by atoms with E-state index in [0.717, 1.165) is 12.8 Å². The molecule has 8 rings (SSSR count). The standard InChI is InChI=1S/2C31H39Si2.C2H7Si.2ClH.Zr/c2*1-22(2)16-23-17-25-14-15-29(24-12-10-9-11-13-24)31(30(25)18-23)26-19-27(32(3,4)5)21-28(20-26)33(6,7)8;1-3-2;;;/h2*9-15,17-22H,16H2,1-8H3;3H,1-2H3;2*1H;/q;;;;;+2/p-2. The molecule has 0 saturated heterocycles. The van der Waals surface area contributed by atoms with E-state index in [-0.39, 0.29) is 7.25 Å².